The number of amides is 1. The molecule has 1 aromatic heterocycles. The predicted molar refractivity (Wildman–Crippen MR) is 119 cm³/mol. The maximum Gasteiger partial charge on any atom is 0.408 e. The number of rotatable bonds is 8. The molecule has 8 heteroatoms. The molecule has 1 aromatic rings. The van der Waals surface area contributed by atoms with Crippen LogP contribution in [0.4, 0.5) is 10.6 Å². The average Bonchev–Trinajstić information content (AvgIpc) is 2.65. The highest BCUT2D eigenvalue weighted by atomic mass is 16.6. The Morgan fingerprint density at radius 1 is 1.21 bits per heavy atom. The number of anilines is 1. The van der Waals surface area contributed by atoms with E-state index in [1.807, 2.05) is 51.9 Å². The first-order valence-corrected chi connectivity index (χ1v) is 10.1. The third-order valence-corrected chi connectivity index (χ3v) is 4.67. The van der Waals surface area contributed by atoms with Crippen molar-refractivity contribution in [1.29, 1.82) is 0 Å². The van der Waals surface area contributed by atoms with Gasteiger partial charge in [0.1, 0.15) is 11.4 Å². The molecule has 1 amide bonds. The molecule has 0 saturated heterocycles. The van der Waals surface area contributed by atoms with Crippen molar-refractivity contribution in [2.24, 2.45) is 4.99 Å². The summed E-state index contributed by atoms with van der Waals surface area (Å²) >= 11 is 0. The number of alkyl carbamates (subject to hydrolysis) is 1. The van der Waals surface area contributed by atoms with E-state index in [0.29, 0.717) is 19.0 Å². The molecule has 164 valence electrons. The standard InChI is InChI=1S/C21H38N6O2/c1-9-21(10-2,26-19(28)29-20(3,4)5)15-25-18(22-6)24-14-16-12-11-13-23-17(16)27(7)8/h11-13H,9-10,14-15H2,1-8H3,(H,26,28)(H2,22,24,25). The van der Waals surface area contributed by atoms with Crippen molar-refractivity contribution in [3.05, 3.63) is 23.9 Å². The molecular weight excluding hydrogens is 368 g/mol. The van der Waals surface area contributed by atoms with Crippen LogP contribution in [-0.2, 0) is 11.3 Å². The van der Waals surface area contributed by atoms with Crippen LogP contribution in [-0.4, -0.2) is 55.9 Å². The van der Waals surface area contributed by atoms with E-state index >= 15 is 0 Å². The van der Waals surface area contributed by atoms with E-state index in [1.54, 1.807) is 13.2 Å². The second kappa shape index (κ2) is 10.9. The lowest BCUT2D eigenvalue weighted by Crippen LogP contribution is -2.57. The minimum Gasteiger partial charge on any atom is -0.444 e. The van der Waals surface area contributed by atoms with Crippen molar-refractivity contribution in [3.8, 4) is 0 Å². The molecule has 0 aromatic carbocycles. The normalized spacial score (nSPS) is 12.3. The van der Waals surface area contributed by atoms with Gasteiger partial charge < -0.3 is 25.6 Å². The molecule has 8 nitrogen and oxygen atoms in total. The van der Waals surface area contributed by atoms with Crippen molar-refractivity contribution in [2.45, 2.75) is 65.1 Å². The zero-order valence-electron chi connectivity index (χ0n) is 19.2. The van der Waals surface area contributed by atoms with Crippen molar-refractivity contribution < 1.29 is 9.53 Å². The summed E-state index contributed by atoms with van der Waals surface area (Å²) in [6.07, 6.45) is 2.91. The Labute approximate surface area is 175 Å². The van der Waals surface area contributed by atoms with Crippen LogP contribution >= 0.6 is 0 Å². The van der Waals surface area contributed by atoms with Gasteiger partial charge in [0, 0.05) is 46.0 Å². The molecule has 0 unspecified atom stereocenters. The number of guanidine groups is 1. The first-order valence-electron chi connectivity index (χ1n) is 10.1. The molecular formula is C21H38N6O2. The van der Waals surface area contributed by atoms with Gasteiger partial charge in [-0.15, -0.1) is 0 Å². The quantitative estimate of drug-likeness (QED) is 0.454. The number of hydrogen-bond acceptors (Lipinski definition) is 5. The molecule has 0 saturated carbocycles. The van der Waals surface area contributed by atoms with Gasteiger partial charge in [0.25, 0.3) is 0 Å². The van der Waals surface area contributed by atoms with Gasteiger partial charge in [0.05, 0.1) is 5.54 Å². The van der Waals surface area contributed by atoms with Crippen LogP contribution in [0.25, 0.3) is 0 Å². The lowest BCUT2D eigenvalue weighted by Gasteiger charge is -2.34. The molecule has 29 heavy (non-hydrogen) atoms. The first-order chi connectivity index (χ1) is 13.6. The number of hydrogen-bond donors (Lipinski definition) is 3. The second-order valence-electron chi connectivity index (χ2n) is 8.27. The second-order valence-corrected chi connectivity index (χ2v) is 8.27. The maximum atomic E-state index is 12.3. The summed E-state index contributed by atoms with van der Waals surface area (Å²) < 4.78 is 5.44. The van der Waals surface area contributed by atoms with E-state index in [1.165, 1.54) is 0 Å². The van der Waals surface area contributed by atoms with E-state index in [9.17, 15) is 4.79 Å². The Balaban J connectivity index is 2.74. The Morgan fingerprint density at radius 2 is 1.86 bits per heavy atom. The highest BCUT2D eigenvalue weighted by molar-refractivity contribution is 5.80. The predicted octanol–water partition coefficient (Wildman–Crippen LogP) is 2.90. The average molecular weight is 407 g/mol. The Kier molecular flexibility index (Phi) is 9.20. The van der Waals surface area contributed by atoms with E-state index < -0.39 is 17.2 Å². The van der Waals surface area contributed by atoms with Crippen LogP contribution in [0.1, 0.15) is 53.0 Å². The highest BCUT2D eigenvalue weighted by Crippen LogP contribution is 2.17. The summed E-state index contributed by atoms with van der Waals surface area (Å²) in [6.45, 7) is 10.8. The summed E-state index contributed by atoms with van der Waals surface area (Å²) in [5.41, 5.74) is 0.115. The summed E-state index contributed by atoms with van der Waals surface area (Å²) in [5, 5.41) is 9.70. The number of aliphatic imine (C=N–C) groups is 1. The number of nitrogens with zero attached hydrogens (tertiary/aromatic N) is 3. The molecule has 1 rings (SSSR count). The molecule has 0 bridgehead atoms. The van der Waals surface area contributed by atoms with Gasteiger partial charge in [-0.1, -0.05) is 19.9 Å². The van der Waals surface area contributed by atoms with Gasteiger partial charge in [-0.2, -0.15) is 0 Å². The van der Waals surface area contributed by atoms with Gasteiger partial charge in [-0.25, -0.2) is 9.78 Å². The fourth-order valence-corrected chi connectivity index (χ4v) is 2.86. The lowest BCUT2D eigenvalue weighted by molar-refractivity contribution is 0.0448. The molecule has 3 N–H and O–H groups in total. The Bertz CT molecular complexity index is 678. The lowest BCUT2D eigenvalue weighted by atomic mass is 9.93. The van der Waals surface area contributed by atoms with Crippen LogP contribution in [0.3, 0.4) is 0 Å². The molecule has 0 radical (unpaired) electrons. The van der Waals surface area contributed by atoms with Crippen molar-refractivity contribution in [1.82, 2.24) is 20.9 Å². The van der Waals surface area contributed by atoms with Crippen LogP contribution in [0.5, 0.6) is 0 Å². The third-order valence-electron chi connectivity index (χ3n) is 4.67. The maximum absolute atomic E-state index is 12.3. The number of nitrogens with one attached hydrogen (secondary N) is 3. The minimum atomic E-state index is -0.532. The van der Waals surface area contributed by atoms with Crippen LogP contribution in [0.2, 0.25) is 0 Å². The highest BCUT2D eigenvalue weighted by Gasteiger charge is 2.30. The number of pyridine rings is 1. The van der Waals surface area contributed by atoms with Gasteiger partial charge in [-0.3, -0.25) is 4.99 Å². The molecule has 0 spiro atoms. The largest absolute Gasteiger partial charge is 0.444 e. The van der Waals surface area contributed by atoms with Crippen molar-refractivity contribution >= 4 is 17.9 Å². The van der Waals surface area contributed by atoms with Gasteiger partial charge >= 0.3 is 6.09 Å². The number of ether oxygens (including phenoxy) is 1. The molecule has 0 aliphatic carbocycles. The monoisotopic (exact) mass is 406 g/mol. The van der Waals surface area contributed by atoms with Crippen LogP contribution < -0.4 is 20.9 Å². The summed E-state index contributed by atoms with van der Waals surface area (Å²) in [6, 6.07) is 3.96. The molecule has 0 aliphatic rings. The summed E-state index contributed by atoms with van der Waals surface area (Å²) in [7, 11) is 5.67. The zero-order valence-corrected chi connectivity index (χ0v) is 19.2. The fourth-order valence-electron chi connectivity index (χ4n) is 2.86. The first kappa shape index (κ1) is 24.5. The zero-order chi connectivity index (χ0) is 22.1. The minimum absolute atomic E-state index is 0.406. The summed E-state index contributed by atoms with van der Waals surface area (Å²) in [4.78, 5) is 23.0. The Hall–Kier alpha value is -2.51. The van der Waals surface area contributed by atoms with E-state index in [-0.39, 0.29) is 0 Å². The smallest absolute Gasteiger partial charge is 0.408 e. The van der Waals surface area contributed by atoms with E-state index in [2.05, 4.69) is 39.8 Å². The number of carbonyl (C=O) groups excluding carboxylic acids is 1. The van der Waals surface area contributed by atoms with Gasteiger partial charge in [-0.05, 0) is 39.7 Å². The van der Waals surface area contributed by atoms with Crippen molar-refractivity contribution in [3.63, 3.8) is 0 Å². The topological polar surface area (TPSA) is 90.9 Å². The number of carbonyl (C=O) groups is 1. The molecule has 0 atom stereocenters. The molecule has 0 aliphatic heterocycles. The SMILES string of the molecule is CCC(CC)(CNC(=NC)NCc1cccnc1N(C)C)NC(=O)OC(C)(C)C. The van der Waals surface area contributed by atoms with Crippen LogP contribution in [0.15, 0.2) is 23.3 Å². The van der Waals surface area contributed by atoms with Gasteiger partial charge in [0.15, 0.2) is 5.96 Å². The third kappa shape index (κ3) is 8.17. The van der Waals surface area contributed by atoms with Crippen LogP contribution in [0, 0.1) is 0 Å². The molecule has 1 heterocycles. The molecule has 0 fully saturated rings. The fraction of sp³-hybridized carbons (Fsp3) is 0.667. The Morgan fingerprint density at radius 3 is 2.38 bits per heavy atom. The van der Waals surface area contributed by atoms with Crippen molar-refractivity contribution in [2.75, 3.05) is 32.6 Å². The van der Waals surface area contributed by atoms with E-state index in [0.717, 1.165) is 24.2 Å². The van der Waals surface area contributed by atoms with Gasteiger partial charge in [0.2, 0.25) is 0 Å². The van der Waals surface area contributed by atoms with E-state index in [4.69, 9.17) is 4.74 Å². The number of aromatic nitrogens is 1. The summed E-state index contributed by atoms with van der Waals surface area (Å²) in [5.74, 6) is 1.58.